The van der Waals surface area contributed by atoms with Gasteiger partial charge in [0.25, 0.3) is 0 Å². The van der Waals surface area contributed by atoms with Crippen LogP contribution < -0.4 is 10.1 Å². The van der Waals surface area contributed by atoms with Gasteiger partial charge in [-0.1, -0.05) is 29.8 Å². The van der Waals surface area contributed by atoms with Crippen molar-refractivity contribution in [2.45, 2.75) is 39.3 Å². The average Bonchev–Trinajstić information content (AvgIpc) is 3.33. The van der Waals surface area contributed by atoms with Crippen LogP contribution in [-0.4, -0.2) is 51.4 Å². The third-order valence-corrected chi connectivity index (χ3v) is 6.55. The summed E-state index contributed by atoms with van der Waals surface area (Å²) in [5.74, 6) is 1.13. The standard InChI is InChI=1S/C27H27ClN6O3/c1-15-8-9-19-18(13-31-33-19)24(15)36-21-7-5-6-16-22(17(12-29)25(28)32-23(16)21)20-14-30-10-11-34(20)26(35)37-27(2,3)4/h5-9,13,20,30H,10-11,14H2,1-4H3,(H,31,33). The number of halogens is 1. The van der Waals surface area contributed by atoms with Crippen molar-refractivity contribution in [3.63, 3.8) is 0 Å². The fourth-order valence-corrected chi connectivity index (χ4v) is 4.87. The number of nitrogens with zero attached hydrogens (tertiary/aromatic N) is 4. The van der Waals surface area contributed by atoms with Crippen LogP contribution in [0.15, 0.2) is 36.5 Å². The number of benzene rings is 2. The summed E-state index contributed by atoms with van der Waals surface area (Å²) >= 11 is 6.59. The molecule has 1 fully saturated rings. The summed E-state index contributed by atoms with van der Waals surface area (Å²) in [5, 5.41) is 22.1. The second-order valence-electron chi connectivity index (χ2n) is 9.99. The third-order valence-electron chi connectivity index (χ3n) is 6.27. The molecular weight excluding hydrogens is 492 g/mol. The predicted molar refractivity (Wildman–Crippen MR) is 141 cm³/mol. The fraction of sp³-hybridized carbons (Fsp3) is 0.333. The van der Waals surface area contributed by atoms with Gasteiger partial charge in [-0.15, -0.1) is 0 Å². The molecule has 5 rings (SSSR count). The summed E-state index contributed by atoms with van der Waals surface area (Å²) in [4.78, 5) is 19.4. The average molecular weight is 519 g/mol. The van der Waals surface area contributed by atoms with E-state index in [2.05, 4.69) is 26.6 Å². The lowest BCUT2D eigenvalue weighted by Crippen LogP contribution is -2.50. The number of piperazine rings is 1. The molecule has 2 N–H and O–H groups in total. The second kappa shape index (κ2) is 9.54. The molecule has 1 aliphatic rings. The van der Waals surface area contributed by atoms with E-state index in [0.29, 0.717) is 47.6 Å². The van der Waals surface area contributed by atoms with Crippen molar-refractivity contribution in [1.29, 1.82) is 5.26 Å². The van der Waals surface area contributed by atoms with Crippen LogP contribution in [-0.2, 0) is 4.74 Å². The summed E-state index contributed by atoms with van der Waals surface area (Å²) < 4.78 is 12.1. The largest absolute Gasteiger partial charge is 0.454 e. The Labute approximate surface area is 219 Å². The number of ether oxygens (including phenoxy) is 2. The molecule has 0 saturated carbocycles. The van der Waals surface area contributed by atoms with E-state index in [1.54, 1.807) is 11.1 Å². The number of fused-ring (bicyclic) bond motifs is 2. The first kappa shape index (κ1) is 24.8. The van der Waals surface area contributed by atoms with Gasteiger partial charge in [0, 0.05) is 30.6 Å². The molecule has 37 heavy (non-hydrogen) atoms. The quantitative estimate of drug-likeness (QED) is 0.338. The first-order valence-corrected chi connectivity index (χ1v) is 12.4. The summed E-state index contributed by atoms with van der Waals surface area (Å²) in [5.41, 5.74) is 2.45. The lowest BCUT2D eigenvalue weighted by Gasteiger charge is -2.38. The summed E-state index contributed by atoms with van der Waals surface area (Å²) in [6.07, 6.45) is 1.27. The molecule has 3 heterocycles. The lowest BCUT2D eigenvalue weighted by atomic mass is 9.94. The van der Waals surface area contributed by atoms with Gasteiger partial charge in [-0.2, -0.15) is 10.4 Å². The maximum absolute atomic E-state index is 13.2. The van der Waals surface area contributed by atoms with E-state index in [0.717, 1.165) is 16.5 Å². The molecule has 10 heteroatoms. The van der Waals surface area contributed by atoms with Crippen molar-refractivity contribution in [3.8, 4) is 17.6 Å². The van der Waals surface area contributed by atoms with E-state index in [1.165, 1.54) is 0 Å². The zero-order chi connectivity index (χ0) is 26.3. The Morgan fingerprint density at radius 3 is 2.81 bits per heavy atom. The molecule has 1 atom stereocenters. The van der Waals surface area contributed by atoms with Gasteiger partial charge in [-0.25, -0.2) is 9.78 Å². The van der Waals surface area contributed by atoms with Gasteiger partial charge < -0.3 is 14.8 Å². The van der Waals surface area contributed by atoms with Gasteiger partial charge in [0.15, 0.2) is 5.75 Å². The Morgan fingerprint density at radius 2 is 2.05 bits per heavy atom. The van der Waals surface area contributed by atoms with Crippen molar-refractivity contribution < 1.29 is 14.3 Å². The highest BCUT2D eigenvalue weighted by atomic mass is 35.5. The topological polar surface area (TPSA) is 116 Å². The van der Waals surface area contributed by atoms with E-state index in [-0.39, 0.29) is 10.7 Å². The summed E-state index contributed by atoms with van der Waals surface area (Å²) in [6, 6.07) is 11.1. The van der Waals surface area contributed by atoms with Crippen LogP contribution >= 0.6 is 11.6 Å². The van der Waals surface area contributed by atoms with Crippen molar-refractivity contribution >= 4 is 39.5 Å². The molecule has 1 saturated heterocycles. The smallest absolute Gasteiger partial charge is 0.410 e. The number of rotatable bonds is 3. The molecular formula is C27H27ClN6O3. The minimum Gasteiger partial charge on any atom is -0.454 e. The highest BCUT2D eigenvalue weighted by Gasteiger charge is 2.35. The molecule has 2 aromatic heterocycles. The highest BCUT2D eigenvalue weighted by Crippen LogP contribution is 2.40. The van der Waals surface area contributed by atoms with Gasteiger partial charge >= 0.3 is 6.09 Å². The molecule has 190 valence electrons. The van der Waals surface area contributed by atoms with Gasteiger partial charge in [0.2, 0.25) is 0 Å². The number of amides is 1. The van der Waals surface area contributed by atoms with E-state index in [1.807, 2.05) is 58.0 Å². The predicted octanol–water partition coefficient (Wildman–Crippen LogP) is 5.62. The number of hydrogen-bond donors (Lipinski definition) is 2. The Hall–Kier alpha value is -3.87. The lowest BCUT2D eigenvalue weighted by molar-refractivity contribution is 0.0119. The van der Waals surface area contributed by atoms with E-state index in [4.69, 9.17) is 21.1 Å². The normalized spacial score (nSPS) is 16.1. The van der Waals surface area contributed by atoms with Crippen LogP contribution in [0.1, 0.15) is 43.5 Å². The van der Waals surface area contributed by atoms with Gasteiger partial charge in [0.05, 0.1) is 28.7 Å². The number of carbonyl (C=O) groups excluding carboxylic acids is 1. The molecule has 2 aromatic carbocycles. The van der Waals surface area contributed by atoms with E-state index < -0.39 is 17.7 Å². The number of pyridine rings is 1. The Morgan fingerprint density at radius 1 is 1.24 bits per heavy atom. The first-order chi connectivity index (χ1) is 17.7. The number of aromatic amines is 1. The van der Waals surface area contributed by atoms with E-state index in [9.17, 15) is 10.1 Å². The molecule has 9 nitrogen and oxygen atoms in total. The number of aryl methyl sites for hydroxylation is 1. The zero-order valence-electron chi connectivity index (χ0n) is 21.1. The van der Waals surface area contributed by atoms with Crippen LogP contribution in [0.3, 0.4) is 0 Å². The zero-order valence-corrected chi connectivity index (χ0v) is 21.8. The molecule has 0 radical (unpaired) electrons. The van der Waals surface area contributed by atoms with Crippen molar-refractivity contribution in [2.24, 2.45) is 0 Å². The van der Waals surface area contributed by atoms with Crippen LogP contribution in [0.2, 0.25) is 5.15 Å². The number of H-pyrrole nitrogens is 1. The van der Waals surface area contributed by atoms with Crippen molar-refractivity contribution in [2.75, 3.05) is 19.6 Å². The minimum absolute atomic E-state index is 0.0500. The molecule has 1 aliphatic heterocycles. The van der Waals surface area contributed by atoms with Crippen LogP contribution in [0, 0.1) is 18.3 Å². The van der Waals surface area contributed by atoms with Crippen molar-refractivity contribution in [3.05, 3.63) is 58.4 Å². The molecule has 1 unspecified atom stereocenters. The molecule has 0 spiro atoms. The van der Waals surface area contributed by atoms with Crippen molar-refractivity contribution in [1.82, 2.24) is 25.4 Å². The number of carbonyl (C=O) groups is 1. The number of nitriles is 1. The number of aromatic nitrogens is 3. The molecule has 4 aromatic rings. The fourth-order valence-electron chi connectivity index (χ4n) is 4.64. The van der Waals surface area contributed by atoms with Gasteiger partial charge in [-0.3, -0.25) is 10.00 Å². The Balaban J connectivity index is 1.67. The number of para-hydroxylation sites is 1. The molecule has 0 bridgehead atoms. The maximum Gasteiger partial charge on any atom is 0.410 e. The summed E-state index contributed by atoms with van der Waals surface area (Å²) in [6.45, 7) is 8.90. The van der Waals surface area contributed by atoms with Gasteiger partial charge in [0.1, 0.15) is 28.1 Å². The maximum atomic E-state index is 13.2. The Kier molecular flexibility index (Phi) is 6.40. The van der Waals surface area contributed by atoms with Crippen LogP contribution in [0.5, 0.6) is 11.5 Å². The van der Waals surface area contributed by atoms with E-state index >= 15 is 0 Å². The highest BCUT2D eigenvalue weighted by molar-refractivity contribution is 6.31. The second-order valence-corrected chi connectivity index (χ2v) is 10.4. The monoisotopic (exact) mass is 518 g/mol. The Bertz CT molecular complexity index is 1550. The number of nitrogens with one attached hydrogen (secondary N) is 2. The third kappa shape index (κ3) is 4.66. The van der Waals surface area contributed by atoms with Crippen LogP contribution in [0.4, 0.5) is 4.79 Å². The molecule has 1 amide bonds. The summed E-state index contributed by atoms with van der Waals surface area (Å²) in [7, 11) is 0. The SMILES string of the molecule is Cc1ccc2[nH]ncc2c1Oc1cccc2c(C3CNCCN3C(=O)OC(C)(C)C)c(C#N)c(Cl)nc12. The first-order valence-electron chi connectivity index (χ1n) is 12.0. The molecule has 0 aliphatic carbocycles. The van der Waals surface area contributed by atoms with Crippen LogP contribution in [0.25, 0.3) is 21.8 Å². The minimum atomic E-state index is -0.657. The number of hydrogen-bond acceptors (Lipinski definition) is 7. The van der Waals surface area contributed by atoms with Gasteiger partial charge in [-0.05, 0) is 45.4 Å².